The van der Waals surface area contributed by atoms with Crippen molar-refractivity contribution in [1.29, 1.82) is 0 Å². The molecule has 1 aliphatic heterocycles. The van der Waals surface area contributed by atoms with Gasteiger partial charge in [-0.3, -0.25) is 4.79 Å². The molecule has 1 aliphatic carbocycles. The second-order valence-electron chi connectivity index (χ2n) is 9.12. The van der Waals surface area contributed by atoms with Crippen molar-refractivity contribution in [2.24, 2.45) is 10.8 Å². The number of carbonyl (C=O) groups excluding carboxylic acids is 2. The van der Waals surface area contributed by atoms with Crippen molar-refractivity contribution in [3.8, 4) is 0 Å². The molecule has 216 valence electrons. The van der Waals surface area contributed by atoms with Gasteiger partial charge in [-0.2, -0.15) is 5.10 Å². The molecule has 5 rings (SSSR count). The van der Waals surface area contributed by atoms with Crippen molar-refractivity contribution in [1.82, 2.24) is 4.98 Å². The topological polar surface area (TPSA) is 113 Å². The van der Waals surface area contributed by atoms with Crippen molar-refractivity contribution >= 4 is 41.8 Å². The quantitative estimate of drug-likeness (QED) is 0.251. The van der Waals surface area contributed by atoms with Crippen LogP contribution in [0.3, 0.4) is 0 Å². The predicted octanol–water partition coefficient (Wildman–Crippen LogP) is 4.89. The predicted molar refractivity (Wildman–Crippen MR) is 163 cm³/mol. The summed E-state index contributed by atoms with van der Waals surface area (Å²) in [7, 11) is 1.50. The molecule has 0 atom stereocenters. The van der Waals surface area contributed by atoms with Crippen LogP contribution < -0.4 is 21.0 Å². The summed E-state index contributed by atoms with van der Waals surface area (Å²) in [6, 6.07) is 15.6. The minimum Gasteiger partial charge on any atom is -0.378 e. The number of hydrogen-bond acceptors (Lipinski definition) is 8. The van der Waals surface area contributed by atoms with E-state index in [9.17, 15) is 9.18 Å². The molecule has 0 bridgehead atoms. The molecule has 1 fully saturated rings. The number of ether oxygens (including phenoxy) is 1. The molecule has 3 N–H and O–H groups in total. The van der Waals surface area contributed by atoms with Crippen LogP contribution in [0.5, 0.6) is 0 Å². The van der Waals surface area contributed by atoms with Crippen LogP contribution in [0.1, 0.15) is 41.8 Å². The van der Waals surface area contributed by atoms with Crippen LogP contribution in [-0.2, 0) is 16.0 Å². The summed E-state index contributed by atoms with van der Waals surface area (Å²) in [6.45, 7) is 10.1. The average molecular weight is 561 g/mol. The maximum atomic E-state index is 13.5. The van der Waals surface area contributed by atoms with Crippen LogP contribution in [0.15, 0.2) is 71.5 Å². The number of hydrogen-bond donors (Lipinski definition) is 2. The molecule has 2 aromatic carbocycles. The molecular formula is C31H37FN6O3. The maximum absolute atomic E-state index is 13.5. The van der Waals surface area contributed by atoms with E-state index >= 15 is 0 Å². The van der Waals surface area contributed by atoms with E-state index in [4.69, 9.17) is 9.53 Å². The Labute approximate surface area is 240 Å². The number of nitrogens with zero attached hydrogens (tertiary/aromatic N) is 4. The van der Waals surface area contributed by atoms with Crippen LogP contribution in [0, 0.1) is 5.82 Å². The molecule has 1 aromatic heterocycles. The van der Waals surface area contributed by atoms with Gasteiger partial charge in [-0.25, -0.2) is 14.4 Å². The number of anilines is 3. The van der Waals surface area contributed by atoms with Gasteiger partial charge in [-0.05, 0) is 93.4 Å². The Kier molecular flexibility index (Phi) is 11.7. The summed E-state index contributed by atoms with van der Waals surface area (Å²) < 4.78 is 18.9. The number of aryl methyl sites for hydroxylation is 1. The van der Waals surface area contributed by atoms with Gasteiger partial charge in [0, 0.05) is 42.8 Å². The molecule has 0 unspecified atom stereocenters. The molecule has 0 saturated carbocycles. The van der Waals surface area contributed by atoms with Crippen LogP contribution in [0.25, 0.3) is 5.70 Å². The van der Waals surface area contributed by atoms with E-state index < -0.39 is 0 Å². The second kappa shape index (κ2) is 15.4. The van der Waals surface area contributed by atoms with Gasteiger partial charge < -0.3 is 25.5 Å². The highest BCUT2D eigenvalue weighted by Gasteiger charge is 2.24. The number of carbonyl (C=O) groups is 2. The molecule has 1 saturated heterocycles. The lowest BCUT2D eigenvalue weighted by atomic mass is 9.89. The lowest BCUT2D eigenvalue weighted by Crippen LogP contribution is -2.36. The first kappa shape index (κ1) is 31.1. The number of halogens is 1. The highest BCUT2D eigenvalue weighted by molar-refractivity contribution is 6.05. The average Bonchev–Trinajstić information content (AvgIpc) is 3.01. The van der Waals surface area contributed by atoms with E-state index in [-0.39, 0.29) is 11.7 Å². The minimum atomic E-state index is -0.310. The van der Waals surface area contributed by atoms with Gasteiger partial charge in [0.2, 0.25) is 0 Å². The second-order valence-corrected chi connectivity index (χ2v) is 9.12. The molecule has 3 aromatic rings. The monoisotopic (exact) mass is 560 g/mol. The molecule has 41 heavy (non-hydrogen) atoms. The fourth-order valence-corrected chi connectivity index (χ4v) is 4.65. The first-order chi connectivity index (χ1) is 19.9. The van der Waals surface area contributed by atoms with Gasteiger partial charge in [0.1, 0.15) is 17.9 Å². The fourth-order valence-electron chi connectivity index (χ4n) is 4.65. The van der Waals surface area contributed by atoms with Gasteiger partial charge in [-0.15, -0.1) is 0 Å². The van der Waals surface area contributed by atoms with Gasteiger partial charge >= 0.3 is 0 Å². The Balaban J connectivity index is 0.000000868. The number of nitrogens with one attached hydrogen (secondary N) is 1. The van der Waals surface area contributed by atoms with E-state index in [2.05, 4.69) is 39.7 Å². The molecule has 2 aliphatic rings. The lowest BCUT2D eigenvalue weighted by Gasteiger charge is -2.29. The van der Waals surface area contributed by atoms with Crippen molar-refractivity contribution in [3.05, 3.63) is 88.9 Å². The van der Waals surface area contributed by atoms with E-state index in [0.717, 1.165) is 66.1 Å². The van der Waals surface area contributed by atoms with E-state index in [1.807, 2.05) is 24.3 Å². The summed E-state index contributed by atoms with van der Waals surface area (Å²) >= 11 is 0. The number of hydrazone groups is 1. The molecule has 0 radical (unpaired) electrons. The number of pyridine rings is 1. The Hall–Kier alpha value is -4.41. The summed E-state index contributed by atoms with van der Waals surface area (Å²) in [5.74, 6) is 0.252. The fraction of sp³-hybridized carbons (Fsp3) is 0.290. The van der Waals surface area contributed by atoms with Crippen molar-refractivity contribution in [3.63, 3.8) is 0 Å². The largest absolute Gasteiger partial charge is 0.378 e. The zero-order valence-corrected chi connectivity index (χ0v) is 23.8. The third kappa shape index (κ3) is 7.84. The third-order valence-electron chi connectivity index (χ3n) is 6.56. The number of benzene rings is 2. The zero-order valence-electron chi connectivity index (χ0n) is 23.8. The van der Waals surface area contributed by atoms with Gasteiger partial charge in [0.05, 0.1) is 24.6 Å². The smallest absolute Gasteiger partial charge is 0.255 e. The first-order valence-electron chi connectivity index (χ1n) is 13.4. The highest BCUT2D eigenvalue weighted by Crippen LogP contribution is 2.38. The number of allylic oxidation sites excluding steroid dienone is 1. The van der Waals surface area contributed by atoms with Crippen molar-refractivity contribution < 1.29 is 18.7 Å². The molecule has 9 nitrogen and oxygen atoms in total. The molecule has 2 heterocycles. The van der Waals surface area contributed by atoms with Crippen molar-refractivity contribution in [2.75, 3.05) is 48.6 Å². The van der Waals surface area contributed by atoms with Crippen LogP contribution in [0.2, 0.25) is 0 Å². The molecule has 10 heteroatoms. The number of amides is 1. The van der Waals surface area contributed by atoms with Crippen molar-refractivity contribution in [2.45, 2.75) is 26.7 Å². The van der Waals surface area contributed by atoms with Gasteiger partial charge in [-0.1, -0.05) is 6.07 Å². The van der Waals surface area contributed by atoms with Crippen LogP contribution in [-0.4, -0.2) is 57.2 Å². The molecular weight excluding hydrogens is 523 g/mol. The SMILES string of the molecule is C=NN(C1=C(C)CCc2ccc(NC(=O)c3ccnc(N4CCOCC4)c3)cc21)c1ccc(F)cc1.CC=O.CN. The number of morpholine rings is 1. The standard InChI is InChI=1S/C28H28FN5O2.C2H4O.CH5N/c1-19-3-4-20-5-8-23(18-25(20)27(19)34(30-2)24-9-6-22(29)7-10-24)32-28(35)21-11-12-31-26(17-21)33-13-15-36-16-14-33;1-2-3;1-2/h5-12,17-18H,2-4,13-16H2,1H3,(H,32,35);2H,1H3;2H2,1H3. The Morgan fingerprint density at radius 3 is 2.46 bits per heavy atom. The van der Waals surface area contributed by atoms with Crippen LogP contribution in [0.4, 0.5) is 21.6 Å². The number of aromatic nitrogens is 1. The summed E-state index contributed by atoms with van der Waals surface area (Å²) in [5.41, 5.74) is 10.6. The lowest BCUT2D eigenvalue weighted by molar-refractivity contribution is -0.106. The maximum Gasteiger partial charge on any atom is 0.255 e. The summed E-state index contributed by atoms with van der Waals surface area (Å²) in [5, 5.41) is 9.01. The van der Waals surface area contributed by atoms with E-state index in [1.165, 1.54) is 26.1 Å². The summed E-state index contributed by atoms with van der Waals surface area (Å²) in [6.07, 6.45) is 4.18. The first-order valence-corrected chi connectivity index (χ1v) is 13.4. The van der Waals surface area contributed by atoms with E-state index in [0.29, 0.717) is 24.5 Å². The normalized spacial score (nSPS) is 13.9. The number of fused-ring (bicyclic) bond motifs is 1. The summed E-state index contributed by atoms with van der Waals surface area (Å²) in [4.78, 5) is 28.5. The van der Waals surface area contributed by atoms with Crippen LogP contribution >= 0.6 is 0 Å². The Morgan fingerprint density at radius 1 is 1.12 bits per heavy atom. The minimum absolute atomic E-state index is 0.206. The zero-order chi connectivity index (χ0) is 29.8. The molecule has 0 spiro atoms. The Morgan fingerprint density at radius 2 is 1.80 bits per heavy atom. The highest BCUT2D eigenvalue weighted by atomic mass is 19.1. The van der Waals surface area contributed by atoms with Gasteiger partial charge in [0.15, 0.2) is 0 Å². The number of aldehydes is 1. The number of nitrogens with two attached hydrogens (primary N) is 1. The Bertz CT molecular complexity index is 1370. The third-order valence-corrected chi connectivity index (χ3v) is 6.56. The van der Waals surface area contributed by atoms with Gasteiger partial charge in [0.25, 0.3) is 5.91 Å². The number of rotatable bonds is 6. The van der Waals surface area contributed by atoms with E-state index in [1.54, 1.807) is 29.4 Å². The molecule has 1 amide bonds.